The molecular formula is C11H21F3N2S. The van der Waals surface area contributed by atoms with Crippen LogP contribution in [0.3, 0.4) is 0 Å². The van der Waals surface area contributed by atoms with Gasteiger partial charge in [-0.05, 0) is 25.9 Å². The lowest BCUT2D eigenvalue weighted by Gasteiger charge is -2.28. The monoisotopic (exact) mass is 270 g/mol. The first-order valence-electron chi connectivity index (χ1n) is 6.11. The van der Waals surface area contributed by atoms with Crippen molar-refractivity contribution in [2.75, 3.05) is 37.7 Å². The van der Waals surface area contributed by atoms with Gasteiger partial charge in [-0.25, -0.2) is 0 Å². The fourth-order valence-electron chi connectivity index (χ4n) is 1.98. The van der Waals surface area contributed by atoms with Crippen molar-refractivity contribution in [1.82, 2.24) is 10.2 Å². The lowest BCUT2D eigenvalue weighted by Crippen LogP contribution is -2.42. The lowest BCUT2D eigenvalue weighted by molar-refractivity contribution is -0.146. The van der Waals surface area contributed by atoms with Gasteiger partial charge >= 0.3 is 6.18 Å². The molecule has 1 heterocycles. The smallest absolute Gasteiger partial charge is 0.312 e. The third-order valence-electron chi connectivity index (χ3n) is 2.73. The largest absolute Gasteiger partial charge is 0.401 e. The molecule has 17 heavy (non-hydrogen) atoms. The fraction of sp³-hybridized carbons (Fsp3) is 1.00. The van der Waals surface area contributed by atoms with Crippen molar-refractivity contribution in [2.24, 2.45) is 0 Å². The standard InChI is InChI=1S/C11H21F3N2S/c1-2-5-16(9-11(12,13)14)6-3-10-8-17-7-4-15-10/h10,15H,2-9H2,1H3. The Morgan fingerprint density at radius 1 is 1.35 bits per heavy atom. The van der Waals surface area contributed by atoms with Gasteiger partial charge in [-0.15, -0.1) is 0 Å². The minimum absolute atomic E-state index is 0.376. The van der Waals surface area contributed by atoms with Gasteiger partial charge in [0.1, 0.15) is 0 Å². The highest BCUT2D eigenvalue weighted by Gasteiger charge is 2.30. The zero-order valence-electron chi connectivity index (χ0n) is 10.2. The SMILES string of the molecule is CCCN(CCC1CSCCN1)CC(F)(F)F. The van der Waals surface area contributed by atoms with Crippen LogP contribution in [0, 0.1) is 0 Å². The number of rotatable bonds is 6. The molecule has 0 spiro atoms. The van der Waals surface area contributed by atoms with E-state index < -0.39 is 12.7 Å². The first-order valence-corrected chi connectivity index (χ1v) is 7.27. The Labute approximate surface area is 105 Å². The van der Waals surface area contributed by atoms with E-state index in [1.807, 2.05) is 18.7 Å². The van der Waals surface area contributed by atoms with Crippen molar-refractivity contribution in [3.63, 3.8) is 0 Å². The molecule has 0 radical (unpaired) electrons. The van der Waals surface area contributed by atoms with Crippen LogP contribution in [0.4, 0.5) is 13.2 Å². The average Bonchev–Trinajstić information content (AvgIpc) is 2.26. The second-order valence-electron chi connectivity index (χ2n) is 4.41. The summed E-state index contributed by atoms with van der Waals surface area (Å²) in [5.41, 5.74) is 0. The Bertz CT molecular complexity index is 205. The van der Waals surface area contributed by atoms with Crippen molar-refractivity contribution in [3.05, 3.63) is 0 Å². The summed E-state index contributed by atoms with van der Waals surface area (Å²) in [4.78, 5) is 1.51. The summed E-state index contributed by atoms with van der Waals surface area (Å²) in [5, 5.41) is 3.35. The van der Waals surface area contributed by atoms with Gasteiger partial charge < -0.3 is 5.32 Å². The Hall–Kier alpha value is 0.0600. The van der Waals surface area contributed by atoms with Gasteiger partial charge in [0.25, 0.3) is 0 Å². The summed E-state index contributed by atoms with van der Waals surface area (Å²) in [6, 6.07) is 0.376. The van der Waals surface area contributed by atoms with Gasteiger partial charge in [-0.2, -0.15) is 24.9 Å². The molecule has 1 aliphatic rings. The number of thioether (sulfide) groups is 1. The molecule has 0 aromatic carbocycles. The van der Waals surface area contributed by atoms with Crippen LogP contribution in [0.1, 0.15) is 19.8 Å². The van der Waals surface area contributed by atoms with Gasteiger partial charge in [0.2, 0.25) is 0 Å². The molecule has 0 aromatic rings. The summed E-state index contributed by atoms with van der Waals surface area (Å²) >= 11 is 1.88. The van der Waals surface area contributed by atoms with Crippen LogP contribution in [0.2, 0.25) is 0 Å². The molecule has 1 saturated heterocycles. The maximum Gasteiger partial charge on any atom is 0.401 e. The number of halogens is 3. The van der Waals surface area contributed by atoms with Gasteiger partial charge in [0.15, 0.2) is 0 Å². The molecule has 1 aliphatic heterocycles. The molecule has 102 valence electrons. The van der Waals surface area contributed by atoms with E-state index in [4.69, 9.17) is 0 Å². The first kappa shape index (κ1) is 15.1. The highest BCUT2D eigenvalue weighted by atomic mass is 32.2. The van der Waals surface area contributed by atoms with E-state index in [0.717, 1.165) is 30.9 Å². The van der Waals surface area contributed by atoms with Crippen molar-refractivity contribution in [3.8, 4) is 0 Å². The minimum atomic E-state index is -4.08. The van der Waals surface area contributed by atoms with E-state index in [1.165, 1.54) is 4.90 Å². The highest BCUT2D eigenvalue weighted by molar-refractivity contribution is 7.99. The lowest BCUT2D eigenvalue weighted by atomic mass is 10.2. The number of nitrogens with one attached hydrogen (secondary N) is 1. The predicted molar refractivity (Wildman–Crippen MR) is 66.5 cm³/mol. The third kappa shape index (κ3) is 7.16. The number of nitrogens with zero attached hydrogens (tertiary/aromatic N) is 1. The van der Waals surface area contributed by atoms with Crippen LogP contribution in [0.25, 0.3) is 0 Å². The fourth-order valence-corrected chi connectivity index (χ4v) is 2.98. The van der Waals surface area contributed by atoms with Crippen LogP contribution in [-0.4, -0.2) is 54.8 Å². The van der Waals surface area contributed by atoms with E-state index in [2.05, 4.69) is 5.32 Å². The van der Waals surface area contributed by atoms with Gasteiger partial charge in [-0.1, -0.05) is 6.92 Å². The second kappa shape index (κ2) is 7.48. The number of hydrogen-bond acceptors (Lipinski definition) is 3. The first-order chi connectivity index (χ1) is 8.01. The molecule has 1 atom stereocenters. The number of hydrogen-bond donors (Lipinski definition) is 1. The summed E-state index contributed by atoms with van der Waals surface area (Å²) in [5.74, 6) is 2.13. The van der Waals surface area contributed by atoms with Crippen LogP contribution in [-0.2, 0) is 0 Å². The zero-order chi connectivity index (χ0) is 12.7. The maximum atomic E-state index is 12.3. The quantitative estimate of drug-likeness (QED) is 0.797. The predicted octanol–water partition coefficient (Wildman–Crippen LogP) is 2.36. The van der Waals surface area contributed by atoms with E-state index in [0.29, 0.717) is 19.1 Å². The molecular weight excluding hydrogens is 249 g/mol. The zero-order valence-corrected chi connectivity index (χ0v) is 11.0. The molecule has 6 heteroatoms. The molecule has 1 rings (SSSR count). The Morgan fingerprint density at radius 2 is 2.12 bits per heavy atom. The Morgan fingerprint density at radius 3 is 2.65 bits per heavy atom. The molecule has 0 aromatic heterocycles. The summed E-state index contributed by atoms with van der Waals surface area (Å²) < 4.78 is 37.0. The van der Waals surface area contributed by atoms with Gasteiger partial charge in [0, 0.05) is 24.1 Å². The topological polar surface area (TPSA) is 15.3 Å². The van der Waals surface area contributed by atoms with Crippen LogP contribution in [0.15, 0.2) is 0 Å². The molecule has 0 aliphatic carbocycles. The molecule has 2 nitrogen and oxygen atoms in total. The third-order valence-corrected chi connectivity index (χ3v) is 3.87. The van der Waals surface area contributed by atoms with E-state index in [9.17, 15) is 13.2 Å². The molecule has 1 unspecified atom stereocenters. The minimum Gasteiger partial charge on any atom is -0.312 e. The normalized spacial score (nSPS) is 22.1. The highest BCUT2D eigenvalue weighted by Crippen LogP contribution is 2.17. The summed E-state index contributed by atoms with van der Waals surface area (Å²) in [6.45, 7) is 3.17. The average molecular weight is 270 g/mol. The van der Waals surface area contributed by atoms with Crippen molar-refractivity contribution in [2.45, 2.75) is 32.0 Å². The van der Waals surface area contributed by atoms with Crippen LogP contribution < -0.4 is 5.32 Å². The van der Waals surface area contributed by atoms with E-state index in [1.54, 1.807) is 0 Å². The summed E-state index contributed by atoms with van der Waals surface area (Å²) in [6.07, 6.45) is -2.50. The van der Waals surface area contributed by atoms with E-state index >= 15 is 0 Å². The summed E-state index contributed by atoms with van der Waals surface area (Å²) in [7, 11) is 0. The van der Waals surface area contributed by atoms with Gasteiger partial charge in [-0.3, -0.25) is 4.90 Å². The van der Waals surface area contributed by atoms with Crippen molar-refractivity contribution in [1.29, 1.82) is 0 Å². The van der Waals surface area contributed by atoms with Crippen molar-refractivity contribution < 1.29 is 13.2 Å². The van der Waals surface area contributed by atoms with Gasteiger partial charge in [0.05, 0.1) is 6.54 Å². The van der Waals surface area contributed by atoms with Crippen LogP contribution in [0.5, 0.6) is 0 Å². The van der Waals surface area contributed by atoms with Crippen LogP contribution >= 0.6 is 11.8 Å². The maximum absolute atomic E-state index is 12.3. The van der Waals surface area contributed by atoms with Crippen molar-refractivity contribution >= 4 is 11.8 Å². The Kier molecular flexibility index (Phi) is 6.66. The Balaban J connectivity index is 2.27. The van der Waals surface area contributed by atoms with E-state index in [-0.39, 0.29) is 0 Å². The molecule has 0 bridgehead atoms. The second-order valence-corrected chi connectivity index (χ2v) is 5.56. The molecule has 0 saturated carbocycles. The number of alkyl halides is 3. The molecule has 1 N–H and O–H groups in total. The molecule has 0 amide bonds. The molecule has 1 fully saturated rings.